The highest BCUT2D eigenvalue weighted by Gasteiger charge is 2.14. The molecule has 0 aliphatic carbocycles. The van der Waals surface area contributed by atoms with E-state index in [1.165, 1.54) is 10.6 Å². The van der Waals surface area contributed by atoms with Gasteiger partial charge in [0.2, 0.25) is 0 Å². The molecule has 2 heterocycles. The number of hydrogen-bond acceptors (Lipinski definition) is 5. The van der Waals surface area contributed by atoms with Crippen LogP contribution in [0.25, 0.3) is 17.0 Å². The topological polar surface area (TPSA) is 75.3 Å². The largest absolute Gasteiger partial charge is 0.387 e. The molecule has 0 bridgehead atoms. The van der Waals surface area contributed by atoms with Crippen molar-refractivity contribution in [3.63, 3.8) is 0 Å². The Morgan fingerprint density at radius 1 is 1.07 bits per heavy atom. The minimum Gasteiger partial charge on any atom is -0.387 e. The second kappa shape index (κ2) is 7.13. The van der Waals surface area contributed by atoms with Gasteiger partial charge in [-0.2, -0.15) is 4.52 Å². The maximum Gasteiger partial charge on any atom is 0.188 e. The van der Waals surface area contributed by atoms with Gasteiger partial charge in [-0.1, -0.05) is 42.0 Å². The third-order valence-electron chi connectivity index (χ3n) is 4.28. The lowest BCUT2D eigenvalue weighted by molar-refractivity contribution is 0.191. The van der Waals surface area contributed by atoms with Gasteiger partial charge in [0.15, 0.2) is 11.5 Å². The van der Waals surface area contributed by atoms with Crippen LogP contribution in [0, 0.1) is 12.7 Å². The van der Waals surface area contributed by atoms with Gasteiger partial charge in [0, 0.05) is 6.54 Å². The van der Waals surface area contributed by atoms with Crippen LogP contribution in [0.1, 0.15) is 17.2 Å². The molecule has 7 heteroatoms. The molecule has 1 atom stereocenters. The summed E-state index contributed by atoms with van der Waals surface area (Å²) in [6.45, 7) is 2.27. The molecule has 0 aliphatic rings. The van der Waals surface area contributed by atoms with Gasteiger partial charge in [0.1, 0.15) is 11.6 Å². The van der Waals surface area contributed by atoms with Gasteiger partial charge < -0.3 is 10.4 Å². The first kappa shape index (κ1) is 17.1. The van der Waals surface area contributed by atoms with Crippen molar-refractivity contribution in [2.45, 2.75) is 13.0 Å². The zero-order valence-electron chi connectivity index (χ0n) is 14.7. The first-order valence-corrected chi connectivity index (χ1v) is 8.58. The molecule has 27 heavy (non-hydrogen) atoms. The highest BCUT2D eigenvalue weighted by Crippen LogP contribution is 2.21. The van der Waals surface area contributed by atoms with Crippen LogP contribution in [0.2, 0.25) is 0 Å². The molecule has 0 spiro atoms. The lowest BCUT2D eigenvalue weighted by Crippen LogP contribution is -2.14. The van der Waals surface area contributed by atoms with Gasteiger partial charge in [-0.25, -0.2) is 4.39 Å². The normalized spacial score (nSPS) is 12.3. The zero-order chi connectivity index (χ0) is 18.8. The summed E-state index contributed by atoms with van der Waals surface area (Å²) in [5.74, 6) is 0.472. The molecular weight excluding hydrogens is 345 g/mol. The zero-order valence-corrected chi connectivity index (χ0v) is 14.7. The molecule has 0 aliphatic heterocycles. The number of aromatic nitrogens is 4. The molecule has 0 saturated carbocycles. The van der Waals surface area contributed by atoms with Crippen molar-refractivity contribution >= 4 is 11.5 Å². The third kappa shape index (κ3) is 3.50. The fourth-order valence-electron chi connectivity index (χ4n) is 2.89. The van der Waals surface area contributed by atoms with Crippen LogP contribution in [0.15, 0.2) is 60.7 Å². The molecule has 136 valence electrons. The highest BCUT2D eigenvalue weighted by atomic mass is 19.1. The Balaban J connectivity index is 1.58. The van der Waals surface area contributed by atoms with Crippen LogP contribution in [0.3, 0.4) is 0 Å². The van der Waals surface area contributed by atoms with Crippen molar-refractivity contribution in [2.75, 3.05) is 11.9 Å². The first-order valence-electron chi connectivity index (χ1n) is 8.58. The Morgan fingerprint density at radius 2 is 1.93 bits per heavy atom. The first-order chi connectivity index (χ1) is 13.1. The van der Waals surface area contributed by atoms with E-state index in [9.17, 15) is 9.50 Å². The minimum atomic E-state index is -0.672. The molecule has 2 aromatic heterocycles. The average molecular weight is 363 g/mol. The van der Waals surface area contributed by atoms with Gasteiger partial charge in [-0.05, 0) is 36.8 Å². The minimum absolute atomic E-state index is 0.291. The van der Waals surface area contributed by atoms with Crippen molar-refractivity contribution in [1.82, 2.24) is 19.8 Å². The van der Waals surface area contributed by atoms with E-state index in [-0.39, 0.29) is 5.82 Å². The monoisotopic (exact) mass is 363 g/mol. The molecule has 6 nitrogen and oxygen atoms in total. The summed E-state index contributed by atoms with van der Waals surface area (Å²) in [6, 6.07) is 17.6. The SMILES string of the molecule is Cc1cccc(C(O)CNc2ccc3nnc(-c4ccccc4F)n3n2)c1. The molecule has 1 unspecified atom stereocenters. The molecular formula is C20H18FN5O. The summed E-state index contributed by atoms with van der Waals surface area (Å²) in [6.07, 6.45) is -0.672. The van der Waals surface area contributed by atoms with Crippen molar-refractivity contribution in [3.8, 4) is 11.4 Å². The van der Waals surface area contributed by atoms with Gasteiger partial charge in [0.05, 0.1) is 11.7 Å². The number of fused-ring (bicyclic) bond motifs is 1. The number of nitrogens with zero attached hydrogens (tertiary/aromatic N) is 4. The second-order valence-corrected chi connectivity index (χ2v) is 6.30. The van der Waals surface area contributed by atoms with E-state index >= 15 is 0 Å². The molecule has 0 amide bonds. The van der Waals surface area contributed by atoms with E-state index in [1.807, 2.05) is 31.2 Å². The number of nitrogens with one attached hydrogen (secondary N) is 1. The number of anilines is 1. The summed E-state index contributed by atoms with van der Waals surface area (Å²) in [4.78, 5) is 0. The summed E-state index contributed by atoms with van der Waals surface area (Å²) in [5.41, 5.74) is 2.76. The molecule has 4 rings (SSSR count). The fraction of sp³-hybridized carbons (Fsp3) is 0.150. The quantitative estimate of drug-likeness (QED) is 0.568. The van der Waals surface area contributed by atoms with E-state index in [2.05, 4.69) is 20.6 Å². The standard InChI is InChI=1S/C20H18FN5O/c1-13-5-4-6-14(11-13)17(27)12-22-18-9-10-19-23-24-20(26(19)25-18)15-7-2-3-8-16(15)21/h2-11,17,27H,12H2,1H3,(H,22,25). The number of aliphatic hydroxyl groups excluding tert-OH is 1. The van der Waals surface area contributed by atoms with Crippen LogP contribution in [0.5, 0.6) is 0 Å². The van der Waals surface area contributed by atoms with Crippen molar-refractivity contribution < 1.29 is 9.50 Å². The van der Waals surface area contributed by atoms with E-state index in [1.54, 1.807) is 30.3 Å². The molecule has 4 aromatic rings. The molecule has 2 N–H and O–H groups in total. The number of rotatable bonds is 5. The summed E-state index contributed by atoms with van der Waals surface area (Å²) < 4.78 is 15.6. The van der Waals surface area contributed by atoms with E-state index < -0.39 is 6.10 Å². The Kier molecular flexibility index (Phi) is 4.52. The van der Waals surface area contributed by atoms with E-state index in [4.69, 9.17) is 0 Å². The van der Waals surface area contributed by atoms with Crippen molar-refractivity contribution in [1.29, 1.82) is 0 Å². The van der Waals surface area contributed by atoms with Crippen LogP contribution >= 0.6 is 0 Å². The maximum absolute atomic E-state index is 14.1. The number of hydrogen-bond donors (Lipinski definition) is 2. The molecule has 0 fully saturated rings. The third-order valence-corrected chi connectivity index (χ3v) is 4.28. The number of halogens is 1. The molecule has 0 radical (unpaired) electrons. The smallest absolute Gasteiger partial charge is 0.188 e. The van der Waals surface area contributed by atoms with Gasteiger partial charge in [-0.15, -0.1) is 15.3 Å². The summed E-state index contributed by atoms with van der Waals surface area (Å²) >= 11 is 0. The Hall–Kier alpha value is -3.32. The van der Waals surface area contributed by atoms with Crippen molar-refractivity contribution in [2.24, 2.45) is 0 Å². The lowest BCUT2D eigenvalue weighted by atomic mass is 10.1. The Bertz CT molecular complexity index is 1090. The van der Waals surface area contributed by atoms with Crippen LogP contribution in [-0.2, 0) is 0 Å². The molecule has 0 saturated heterocycles. The predicted molar refractivity (Wildman–Crippen MR) is 101 cm³/mol. The van der Waals surface area contributed by atoms with E-state index in [0.29, 0.717) is 29.4 Å². The number of aryl methyl sites for hydroxylation is 1. The summed E-state index contributed by atoms with van der Waals surface area (Å²) in [7, 11) is 0. The van der Waals surface area contributed by atoms with Gasteiger partial charge in [0.25, 0.3) is 0 Å². The predicted octanol–water partition coefficient (Wildman–Crippen LogP) is 3.38. The van der Waals surface area contributed by atoms with Crippen LogP contribution < -0.4 is 5.32 Å². The van der Waals surface area contributed by atoms with E-state index in [0.717, 1.165) is 11.1 Å². The Labute approximate surface area is 155 Å². The lowest BCUT2D eigenvalue weighted by Gasteiger charge is -2.13. The average Bonchev–Trinajstić information content (AvgIpc) is 3.09. The highest BCUT2D eigenvalue weighted by molar-refractivity contribution is 5.60. The maximum atomic E-state index is 14.1. The molecule has 2 aromatic carbocycles. The number of benzene rings is 2. The van der Waals surface area contributed by atoms with Crippen molar-refractivity contribution in [3.05, 3.63) is 77.6 Å². The van der Waals surface area contributed by atoms with Crippen LogP contribution in [0.4, 0.5) is 10.2 Å². The fourth-order valence-corrected chi connectivity index (χ4v) is 2.89. The Morgan fingerprint density at radius 3 is 2.74 bits per heavy atom. The number of aliphatic hydroxyl groups is 1. The van der Waals surface area contributed by atoms with Gasteiger partial charge in [-0.3, -0.25) is 0 Å². The van der Waals surface area contributed by atoms with Gasteiger partial charge >= 0.3 is 0 Å². The van der Waals surface area contributed by atoms with Crippen LogP contribution in [-0.4, -0.2) is 31.5 Å². The summed E-state index contributed by atoms with van der Waals surface area (Å²) in [5, 5.41) is 26.0. The second-order valence-electron chi connectivity index (χ2n) is 6.30.